The van der Waals surface area contributed by atoms with Gasteiger partial charge in [0.05, 0.1) is 17.5 Å². The first kappa shape index (κ1) is 30.6. The van der Waals surface area contributed by atoms with Crippen LogP contribution in [-0.2, 0) is 16.0 Å². The molecule has 2 aliphatic heterocycles. The van der Waals surface area contributed by atoms with Crippen molar-refractivity contribution in [2.45, 2.75) is 33.1 Å². The van der Waals surface area contributed by atoms with Crippen molar-refractivity contribution in [3.63, 3.8) is 0 Å². The Balaban J connectivity index is 1.53. The van der Waals surface area contributed by atoms with Crippen LogP contribution in [0.25, 0.3) is 5.57 Å². The van der Waals surface area contributed by atoms with Crippen LogP contribution < -0.4 is 10.6 Å². The van der Waals surface area contributed by atoms with Gasteiger partial charge in [0.15, 0.2) is 5.82 Å². The smallest absolute Gasteiger partial charge is 0.306 e. The van der Waals surface area contributed by atoms with Crippen molar-refractivity contribution >= 4 is 28.8 Å². The number of nitrogens with zero attached hydrogens (tertiary/aromatic N) is 4. The lowest BCUT2D eigenvalue weighted by Crippen LogP contribution is -2.56. The summed E-state index contributed by atoms with van der Waals surface area (Å²) in [6.07, 6.45) is 5.78. The number of ether oxygens (including phenoxy) is 1. The van der Waals surface area contributed by atoms with Gasteiger partial charge in [0.25, 0.3) is 0 Å². The fourth-order valence-electron chi connectivity index (χ4n) is 5.26. The highest BCUT2D eigenvalue weighted by Crippen LogP contribution is 2.41. The molecule has 0 atom stereocenters. The highest BCUT2D eigenvalue weighted by Gasteiger charge is 2.50. The molecule has 0 radical (unpaired) electrons. The van der Waals surface area contributed by atoms with Gasteiger partial charge in [-0.05, 0) is 68.9 Å². The molecule has 0 aliphatic carbocycles. The van der Waals surface area contributed by atoms with Crippen LogP contribution in [0.3, 0.4) is 0 Å². The minimum Gasteiger partial charge on any atom is -0.465 e. The van der Waals surface area contributed by atoms with E-state index in [1.165, 1.54) is 12.1 Å². The number of nitrogens with one attached hydrogen (secondary N) is 3. The number of benzene rings is 1. The number of rotatable bonds is 14. The number of likely N-dealkylation sites (tertiary alicyclic amines) is 1. The first-order valence-corrected chi connectivity index (χ1v) is 14.4. The lowest BCUT2D eigenvalue weighted by Gasteiger charge is -2.47. The van der Waals surface area contributed by atoms with Crippen molar-refractivity contribution in [2.75, 3.05) is 58.2 Å². The van der Waals surface area contributed by atoms with Gasteiger partial charge in [0.2, 0.25) is 0 Å². The van der Waals surface area contributed by atoms with Gasteiger partial charge >= 0.3 is 5.97 Å². The normalized spacial score (nSPS) is 17.0. The first-order chi connectivity index (χ1) is 19.7. The van der Waals surface area contributed by atoms with E-state index < -0.39 is 5.82 Å². The molecule has 3 N–H and O–H groups in total. The molecule has 3 heterocycles. The molecular weight excluding hydrogens is 545 g/mol. The molecule has 0 unspecified atom stereocenters. The third-order valence-electron chi connectivity index (χ3n) is 7.40. The summed E-state index contributed by atoms with van der Waals surface area (Å²) in [7, 11) is 2.13. The molecule has 41 heavy (non-hydrogen) atoms. The number of halogens is 2. The average Bonchev–Trinajstić information content (AvgIpc) is 3.32. The Kier molecular flexibility index (Phi) is 10.5. The topological polar surface area (TPSA) is 106 Å². The minimum atomic E-state index is -0.393. The van der Waals surface area contributed by atoms with Crippen molar-refractivity contribution in [1.82, 2.24) is 20.1 Å². The number of aromatic nitrogens is 1. The van der Waals surface area contributed by atoms with Gasteiger partial charge in [-0.25, -0.2) is 9.92 Å². The number of pyridine rings is 1. The molecule has 2 aliphatic rings. The zero-order valence-electron chi connectivity index (χ0n) is 24.0. The molecule has 0 saturated carbocycles. The Labute approximate surface area is 246 Å². The third kappa shape index (κ3) is 8.12. The zero-order chi connectivity index (χ0) is 29.4. The van der Waals surface area contributed by atoms with Gasteiger partial charge in [-0.15, -0.1) is 5.11 Å². The molecule has 9 nitrogen and oxygen atoms in total. The highest BCUT2D eigenvalue weighted by molar-refractivity contribution is 6.30. The number of esters is 1. The number of carbonyl (C=O) groups excluding carboxylic acids is 1. The molecule has 220 valence electrons. The van der Waals surface area contributed by atoms with Gasteiger partial charge < -0.3 is 25.2 Å². The van der Waals surface area contributed by atoms with Crippen molar-refractivity contribution in [2.24, 2.45) is 10.5 Å². The number of anilines is 1. The second-order valence-corrected chi connectivity index (χ2v) is 11.4. The summed E-state index contributed by atoms with van der Waals surface area (Å²) in [5.41, 5.74) is 11.0. The predicted octanol–water partition coefficient (Wildman–Crippen LogP) is 5.31. The second kappa shape index (κ2) is 14.0. The molecule has 0 amide bonds. The summed E-state index contributed by atoms with van der Waals surface area (Å²) in [5, 5.41) is 11.2. The lowest BCUT2D eigenvalue weighted by molar-refractivity contribution is -0.137. The summed E-state index contributed by atoms with van der Waals surface area (Å²) < 4.78 is 19.9. The summed E-state index contributed by atoms with van der Waals surface area (Å²) >= 11 is 6.16. The van der Waals surface area contributed by atoms with Gasteiger partial charge in [0.1, 0.15) is 12.4 Å². The van der Waals surface area contributed by atoms with E-state index in [1.807, 2.05) is 17.0 Å². The van der Waals surface area contributed by atoms with Crippen LogP contribution >= 0.6 is 11.6 Å². The molecule has 11 heteroatoms. The SMILES string of the molecule is CCCN(C)CCNCCc1cc(NC(/C=C(\C)c2cc(Cl)ccc2F)=C(/N=N)N2CC3(COC(=O)C3)C2)ccn1. The van der Waals surface area contributed by atoms with E-state index in [1.54, 1.807) is 25.3 Å². The Morgan fingerprint density at radius 2 is 2.10 bits per heavy atom. The van der Waals surface area contributed by atoms with Crippen LogP contribution in [0, 0.1) is 16.8 Å². The third-order valence-corrected chi connectivity index (χ3v) is 7.64. The summed E-state index contributed by atoms with van der Waals surface area (Å²) in [4.78, 5) is 20.5. The Bertz CT molecular complexity index is 1310. The number of hydrogen-bond donors (Lipinski definition) is 3. The summed E-state index contributed by atoms with van der Waals surface area (Å²) in [6, 6.07) is 8.24. The van der Waals surface area contributed by atoms with Crippen LogP contribution in [-0.4, -0.2) is 73.7 Å². The average molecular weight is 584 g/mol. The summed E-state index contributed by atoms with van der Waals surface area (Å²) in [6.45, 7) is 9.22. The van der Waals surface area contributed by atoms with E-state index >= 15 is 0 Å². The van der Waals surface area contributed by atoms with E-state index in [-0.39, 0.29) is 11.4 Å². The summed E-state index contributed by atoms with van der Waals surface area (Å²) in [5.74, 6) is -0.195. The van der Waals surface area contributed by atoms with Gasteiger partial charge in [-0.3, -0.25) is 9.78 Å². The molecular formula is C30H39ClFN7O2. The predicted molar refractivity (Wildman–Crippen MR) is 159 cm³/mol. The Hall–Kier alpha value is -3.34. The Morgan fingerprint density at radius 3 is 2.80 bits per heavy atom. The van der Waals surface area contributed by atoms with Gasteiger partial charge in [-0.2, -0.15) is 0 Å². The van der Waals surface area contributed by atoms with Crippen molar-refractivity contribution < 1.29 is 13.9 Å². The van der Waals surface area contributed by atoms with Crippen LogP contribution in [0.15, 0.2) is 59.2 Å². The zero-order valence-corrected chi connectivity index (χ0v) is 24.7. The van der Waals surface area contributed by atoms with Crippen molar-refractivity contribution in [3.05, 3.63) is 76.2 Å². The number of hydrogen-bond acceptors (Lipinski definition) is 9. The van der Waals surface area contributed by atoms with E-state index in [2.05, 4.69) is 39.6 Å². The standard InChI is InChI=1S/C30H39ClFN7O2/c1-4-12-38(3)13-11-34-9-7-23-16-24(8-10-35-23)36-27(14-21(2)25-15-22(31)5-6-26(25)32)29(37-33)39-18-30(19-39)17-28(40)41-20-30/h5-6,8,10,14-16,33-34H,4,7,9,11-13,17-20H2,1-3H3,(H,35,36)/b21-14+,29-27-,37-33?. The van der Waals surface area contributed by atoms with Crippen LogP contribution in [0.2, 0.25) is 5.02 Å². The highest BCUT2D eigenvalue weighted by atomic mass is 35.5. The van der Waals surface area contributed by atoms with Crippen molar-refractivity contribution in [3.8, 4) is 0 Å². The first-order valence-electron chi connectivity index (χ1n) is 14.0. The molecule has 2 saturated heterocycles. The molecule has 1 aromatic carbocycles. The van der Waals surface area contributed by atoms with E-state index in [4.69, 9.17) is 21.9 Å². The maximum atomic E-state index is 14.7. The monoisotopic (exact) mass is 583 g/mol. The number of allylic oxidation sites excluding steroid dienone is 2. The molecule has 2 aromatic rings. The maximum Gasteiger partial charge on any atom is 0.306 e. The fourth-order valence-corrected chi connectivity index (χ4v) is 5.44. The van der Waals surface area contributed by atoms with E-state index in [0.717, 1.165) is 50.4 Å². The molecule has 0 bridgehead atoms. The van der Waals surface area contributed by atoms with Crippen LogP contribution in [0.5, 0.6) is 0 Å². The van der Waals surface area contributed by atoms with E-state index in [0.29, 0.717) is 53.8 Å². The second-order valence-electron chi connectivity index (χ2n) is 11.0. The Morgan fingerprint density at radius 1 is 1.29 bits per heavy atom. The maximum absolute atomic E-state index is 14.7. The molecule has 2 fully saturated rings. The molecule has 1 spiro atoms. The fraction of sp³-hybridized carbons (Fsp3) is 0.467. The van der Waals surface area contributed by atoms with Crippen molar-refractivity contribution in [1.29, 1.82) is 5.53 Å². The molecule has 1 aromatic heterocycles. The van der Waals surface area contributed by atoms with Crippen LogP contribution in [0.1, 0.15) is 37.9 Å². The van der Waals surface area contributed by atoms with E-state index in [9.17, 15) is 9.18 Å². The lowest BCUT2D eigenvalue weighted by atomic mass is 9.79. The number of carbonyl (C=O) groups is 1. The quantitative estimate of drug-likeness (QED) is 0.120. The van der Waals surface area contributed by atoms with Crippen LogP contribution in [0.4, 0.5) is 10.1 Å². The van der Waals surface area contributed by atoms with Gasteiger partial charge in [-0.1, -0.05) is 18.5 Å². The number of cyclic esters (lactones) is 1. The molecule has 4 rings (SSSR count). The minimum absolute atomic E-state index is 0.199. The largest absolute Gasteiger partial charge is 0.465 e. The number of likely N-dealkylation sites (N-methyl/N-ethyl adjacent to an activating group) is 1. The van der Waals surface area contributed by atoms with Gasteiger partial charge in [0, 0.05) is 67.3 Å².